The molecule has 0 radical (unpaired) electrons. The Labute approximate surface area is 319 Å². The van der Waals surface area contributed by atoms with E-state index in [9.17, 15) is 14.2 Å². The lowest BCUT2D eigenvalue weighted by atomic mass is 10.0. The van der Waals surface area contributed by atoms with Crippen LogP contribution in [-0.4, -0.2) is 41.0 Å². The van der Waals surface area contributed by atoms with Crippen LogP contribution in [0.25, 0.3) is 0 Å². The minimum Gasteiger partial charge on any atom is -0.462 e. The Morgan fingerprint density at radius 2 is 0.885 bits per heavy atom. The first kappa shape index (κ1) is 50.5. The summed E-state index contributed by atoms with van der Waals surface area (Å²) < 4.78 is 26.4. The van der Waals surface area contributed by atoms with Gasteiger partial charge >= 0.3 is 19.8 Å². The van der Waals surface area contributed by atoms with E-state index in [-0.39, 0.29) is 19.4 Å². The van der Waals surface area contributed by atoms with Crippen LogP contribution in [0.4, 0.5) is 0 Å². The van der Waals surface area contributed by atoms with Crippen molar-refractivity contribution in [2.75, 3.05) is 13.2 Å². The lowest BCUT2D eigenvalue weighted by molar-refractivity contribution is -0.161. The lowest BCUT2D eigenvalue weighted by Gasteiger charge is -2.18. The number of esters is 2. The van der Waals surface area contributed by atoms with Gasteiger partial charge in [0.05, 0.1) is 6.61 Å². The smallest absolute Gasteiger partial charge is 0.462 e. The number of unbranched alkanes of at least 4 members (excludes halogenated alkanes) is 26. The van der Waals surface area contributed by atoms with E-state index in [0.717, 1.165) is 64.2 Å². The second kappa shape index (κ2) is 39.2. The summed E-state index contributed by atoms with van der Waals surface area (Å²) in [4.78, 5) is 42.8. The van der Waals surface area contributed by atoms with Crippen molar-refractivity contribution in [2.24, 2.45) is 0 Å². The van der Waals surface area contributed by atoms with E-state index in [1.54, 1.807) is 0 Å². The van der Waals surface area contributed by atoms with Crippen LogP contribution in [0.2, 0.25) is 0 Å². The predicted octanol–water partition coefficient (Wildman–Crippen LogP) is 13.2. The predicted molar refractivity (Wildman–Crippen MR) is 216 cm³/mol. The standard InChI is InChI=1S/C43H81O8P/c1-3-5-7-9-11-13-15-17-19-20-21-22-23-24-26-28-30-32-34-36-38-43(45)51-41(40-50-52(46,47)48)39-49-42(44)37-35-33-31-29-27-25-18-16-14-12-10-8-6-4-2/h10,12,16,18,41H,3-9,11,13-15,17,19-40H2,1-2H3,(H2,46,47,48)/b12-10+,18-16+/t41-/m1/s1. The van der Waals surface area contributed by atoms with Gasteiger partial charge in [-0.15, -0.1) is 0 Å². The van der Waals surface area contributed by atoms with Gasteiger partial charge in [-0.2, -0.15) is 0 Å². The maximum Gasteiger partial charge on any atom is 0.469 e. The van der Waals surface area contributed by atoms with Crippen LogP contribution in [0.15, 0.2) is 24.3 Å². The zero-order chi connectivity index (χ0) is 38.2. The number of phosphoric acid groups is 1. The van der Waals surface area contributed by atoms with Crippen molar-refractivity contribution in [1.82, 2.24) is 0 Å². The molecule has 0 aromatic carbocycles. The number of allylic oxidation sites excluding steroid dienone is 4. The highest BCUT2D eigenvalue weighted by Crippen LogP contribution is 2.36. The molecule has 306 valence electrons. The molecule has 0 unspecified atom stereocenters. The van der Waals surface area contributed by atoms with Crippen LogP contribution in [0.5, 0.6) is 0 Å². The first-order valence-electron chi connectivity index (χ1n) is 21.6. The lowest BCUT2D eigenvalue weighted by Crippen LogP contribution is -2.29. The minimum atomic E-state index is -4.75. The normalized spacial score (nSPS) is 12.6. The molecule has 0 saturated heterocycles. The van der Waals surface area contributed by atoms with Crippen LogP contribution in [0, 0.1) is 0 Å². The van der Waals surface area contributed by atoms with Crippen LogP contribution in [0.3, 0.4) is 0 Å². The molecule has 9 heteroatoms. The molecule has 0 aromatic rings. The van der Waals surface area contributed by atoms with E-state index < -0.39 is 32.5 Å². The monoisotopic (exact) mass is 757 g/mol. The van der Waals surface area contributed by atoms with Crippen LogP contribution in [-0.2, 0) is 28.2 Å². The van der Waals surface area contributed by atoms with Crippen molar-refractivity contribution in [3.63, 3.8) is 0 Å². The summed E-state index contributed by atoms with van der Waals surface area (Å²) in [6.07, 6.45) is 44.7. The SMILES string of the molecule is CCCC/C=C/C/C=C/CCCCCCCC(=O)OC[C@H](COP(=O)(O)O)OC(=O)CCCCCCCCCCCCCCCCCCCCCC. The van der Waals surface area contributed by atoms with Gasteiger partial charge in [-0.1, -0.05) is 192 Å². The highest BCUT2D eigenvalue weighted by Gasteiger charge is 2.22. The molecule has 0 fully saturated rings. The Balaban J connectivity index is 3.86. The Hall–Kier alpha value is -1.47. The van der Waals surface area contributed by atoms with Crippen molar-refractivity contribution in [3.8, 4) is 0 Å². The summed E-state index contributed by atoms with van der Waals surface area (Å²) in [7, 11) is -4.75. The molecule has 0 rings (SSSR count). The first-order chi connectivity index (χ1) is 25.3. The first-order valence-corrected chi connectivity index (χ1v) is 23.2. The molecule has 8 nitrogen and oxygen atoms in total. The maximum atomic E-state index is 12.4. The summed E-state index contributed by atoms with van der Waals surface area (Å²) in [5.74, 6) is -0.891. The molecule has 52 heavy (non-hydrogen) atoms. The van der Waals surface area contributed by atoms with Gasteiger partial charge in [0.1, 0.15) is 6.61 Å². The molecule has 0 heterocycles. The van der Waals surface area contributed by atoms with Crippen molar-refractivity contribution < 1.29 is 37.9 Å². The summed E-state index contributed by atoms with van der Waals surface area (Å²) in [5.41, 5.74) is 0. The fourth-order valence-corrected chi connectivity index (χ4v) is 6.57. The highest BCUT2D eigenvalue weighted by atomic mass is 31.2. The number of rotatable bonds is 40. The Bertz CT molecular complexity index is 900. The average molecular weight is 757 g/mol. The van der Waals surface area contributed by atoms with E-state index in [1.165, 1.54) is 116 Å². The summed E-state index contributed by atoms with van der Waals surface area (Å²) >= 11 is 0. The molecule has 0 aliphatic carbocycles. The zero-order valence-corrected chi connectivity index (χ0v) is 34.6. The minimum absolute atomic E-state index is 0.213. The van der Waals surface area contributed by atoms with Gasteiger partial charge in [-0.05, 0) is 38.5 Å². The van der Waals surface area contributed by atoms with Crippen LogP contribution < -0.4 is 0 Å². The number of ether oxygens (including phenoxy) is 2. The van der Waals surface area contributed by atoms with Gasteiger partial charge in [0.2, 0.25) is 0 Å². The second-order valence-corrected chi connectivity index (χ2v) is 15.9. The van der Waals surface area contributed by atoms with Crippen molar-refractivity contribution in [3.05, 3.63) is 24.3 Å². The third-order valence-electron chi connectivity index (χ3n) is 9.47. The quantitative estimate of drug-likeness (QED) is 0.0274. The van der Waals surface area contributed by atoms with Crippen LogP contribution in [0.1, 0.15) is 219 Å². The molecule has 0 aliphatic rings. The number of hydrogen-bond acceptors (Lipinski definition) is 6. The van der Waals surface area contributed by atoms with Gasteiger partial charge in [0.25, 0.3) is 0 Å². The van der Waals surface area contributed by atoms with E-state index in [1.807, 2.05) is 0 Å². The van der Waals surface area contributed by atoms with E-state index in [2.05, 4.69) is 42.7 Å². The van der Waals surface area contributed by atoms with Gasteiger partial charge in [-0.3, -0.25) is 14.1 Å². The molecule has 0 bridgehead atoms. The molecule has 1 atom stereocenters. The van der Waals surface area contributed by atoms with Crippen molar-refractivity contribution in [2.45, 2.75) is 225 Å². The molecule has 2 N–H and O–H groups in total. The number of carbonyl (C=O) groups excluding carboxylic acids is 2. The number of hydrogen-bond donors (Lipinski definition) is 2. The van der Waals surface area contributed by atoms with Gasteiger partial charge in [0.15, 0.2) is 6.10 Å². The Morgan fingerprint density at radius 3 is 1.33 bits per heavy atom. The topological polar surface area (TPSA) is 119 Å². The third-order valence-corrected chi connectivity index (χ3v) is 9.96. The highest BCUT2D eigenvalue weighted by molar-refractivity contribution is 7.46. The summed E-state index contributed by atoms with van der Waals surface area (Å²) in [6, 6.07) is 0. The van der Waals surface area contributed by atoms with Gasteiger partial charge < -0.3 is 19.3 Å². The molecule has 0 saturated carbocycles. The van der Waals surface area contributed by atoms with Crippen molar-refractivity contribution >= 4 is 19.8 Å². The second-order valence-electron chi connectivity index (χ2n) is 14.7. The van der Waals surface area contributed by atoms with Crippen molar-refractivity contribution in [1.29, 1.82) is 0 Å². The Morgan fingerprint density at radius 1 is 0.500 bits per heavy atom. The molecular weight excluding hydrogens is 675 g/mol. The Kier molecular flexibility index (Phi) is 38.1. The van der Waals surface area contributed by atoms with E-state index >= 15 is 0 Å². The van der Waals surface area contributed by atoms with Gasteiger partial charge in [-0.25, -0.2) is 4.57 Å². The average Bonchev–Trinajstić information content (AvgIpc) is 3.11. The molecule has 0 amide bonds. The maximum absolute atomic E-state index is 12.4. The molecular formula is C43H81O8P. The third kappa shape index (κ3) is 41.3. The van der Waals surface area contributed by atoms with E-state index in [4.69, 9.17) is 19.3 Å². The van der Waals surface area contributed by atoms with Crippen LogP contribution >= 0.6 is 7.82 Å². The van der Waals surface area contributed by atoms with E-state index in [0.29, 0.717) is 12.8 Å². The van der Waals surface area contributed by atoms with Gasteiger partial charge in [0, 0.05) is 12.8 Å². The fourth-order valence-electron chi connectivity index (χ4n) is 6.21. The zero-order valence-electron chi connectivity index (χ0n) is 33.7. The summed E-state index contributed by atoms with van der Waals surface area (Å²) in [5, 5.41) is 0. The number of carbonyl (C=O) groups is 2. The largest absolute Gasteiger partial charge is 0.469 e. The number of phosphoric ester groups is 1. The summed E-state index contributed by atoms with van der Waals surface area (Å²) in [6.45, 7) is 3.65. The fraction of sp³-hybridized carbons (Fsp3) is 0.860. The molecule has 0 aliphatic heterocycles. The molecule has 0 aromatic heterocycles. The molecule has 0 spiro atoms.